The monoisotopic (exact) mass is 416 g/mol. The molecule has 0 aliphatic rings. The molecule has 0 nitrogen and oxygen atoms in total. The fraction of sp³-hybridized carbons (Fsp3) is 0.231. The summed E-state index contributed by atoms with van der Waals surface area (Å²) in [5.74, 6) is 0. The predicted molar refractivity (Wildman–Crippen MR) is 123 cm³/mol. The van der Waals surface area contributed by atoms with Gasteiger partial charge in [0.25, 0.3) is 0 Å². The summed E-state index contributed by atoms with van der Waals surface area (Å²) >= 11 is 3.71. The first-order chi connectivity index (χ1) is 13.0. The second-order valence-electron chi connectivity index (χ2n) is 7.39. The normalized spacial score (nSPS) is 11.4. The van der Waals surface area contributed by atoms with Crippen molar-refractivity contribution in [3.8, 4) is 11.1 Å². The lowest BCUT2D eigenvalue weighted by Gasteiger charge is -2.17. The van der Waals surface area contributed by atoms with Crippen molar-refractivity contribution < 1.29 is 0 Å². The first-order valence-corrected chi connectivity index (χ1v) is 10.6. The lowest BCUT2D eigenvalue weighted by atomic mass is 9.87. The fourth-order valence-corrected chi connectivity index (χ4v) is 4.77. The van der Waals surface area contributed by atoms with Crippen LogP contribution in [0.2, 0.25) is 0 Å². The van der Waals surface area contributed by atoms with E-state index < -0.39 is 0 Å². The molecule has 0 saturated heterocycles. The van der Waals surface area contributed by atoms with Crippen LogP contribution in [0.5, 0.6) is 0 Å². The van der Waals surface area contributed by atoms with Crippen molar-refractivity contribution in [3.05, 3.63) is 81.3 Å². The molecule has 0 radical (unpaired) electrons. The van der Waals surface area contributed by atoms with Gasteiger partial charge in [0, 0.05) is 4.47 Å². The van der Waals surface area contributed by atoms with E-state index in [0.717, 1.165) is 12.8 Å². The van der Waals surface area contributed by atoms with E-state index in [2.05, 4.69) is 98.2 Å². The van der Waals surface area contributed by atoms with Crippen molar-refractivity contribution in [2.75, 3.05) is 0 Å². The Morgan fingerprint density at radius 3 is 1.89 bits per heavy atom. The molecule has 0 N–H and O–H groups in total. The van der Waals surface area contributed by atoms with Crippen LogP contribution in [-0.2, 0) is 12.8 Å². The number of hydrogen-bond donors (Lipinski definition) is 0. The standard InChI is InChI=1S/C26H25Br/c1-5-19-21-9-7-8-10-22(21)20(6-2)25-14-18(11-12-23(19)25)24-15-26(27)17(4)13-16(24)3/h7-15H,5-6H2,1-4H3. The van der Waals surface area contributed by atoms with E-state index in [1.165, 1.54) is 59.4 Å². The Kier molecular flexibility index (Phi) is 4.82. The van der Waals surface area contributed by atoms with Crippen molar-refractivity contribution in [2.24, 2.45) is 0 Å². The molecule has 136 valence electrons. The summed E-state index contributed by atoms with van der Waals surface area (Å²) in [4.78, 5) is 0. The van der Waals surface area contributed by atoms with E-state index in [1.54, 1.807) is 0 Å². The van der Waals surface area contributed by atoms with E-state index in [-0.39, 0.29) is 0 Å². The summed E-state index contributed by atoms with van der Waals surface area (Å²) in [7, 11) is 0. The van der Waals surface area contributed by atoms with Crippen LogP contribution in [0.25, 0.3) is 32.7 Å². The van der Waals surface area contributed by atoms with Crippen LogP contribution in [0.4, 0.5) is 0 Å². The molecule has 4 aromatic rings. The zero-order valence-corrected chi connectivity index (χ0v) is 18.1. The molecule has 0 bridgehead atoms. The van der Waals surface area contributed by atoms with Crippen LogP contribution < -0.4 is 0 Å². The minimum absolute atomic E-state index is 1.04. The highest BCUT2D eigenvalue weighted by atomic mass is 79.9. The van der Waals surface area contributed by atoms with Gasteiger partial charge in [-0.25, -0.2) is 0 Å². The summed E-state index contributed by atoms with van der Waals surface area (Å²) < 4.78 is 1.17. The second kappa shape index (κ2) is 7.13. The molecule has 0 spiro atoms. The molecule has 0 heterocycles. The molecule has 0 fully saturated rings. The van der Waals surface area contributed by atoms with E-state index >= 15 is 0 Å². The largest absolute Gasteiger partial charge is 0.0616 e. The van der Waals surface area contributed by atoms with Crippen LogP contribution in [0.1, 0.15) is 36.1 Å². The van der Waals surface area contributed by atoms with Crippen LogP contribution >= 0.6 is 15.9 Å². The fourth-order valence-electron chi connectivity index (χ4n) is 4.42. The SMILES string of the molecule is CCc1c2ccccc2c(CC)c2cc(-c3cc(Br)c(C)cc3C)ccc12. The minimum atomic E-state index is 1.04. The van der Waals surface area contributed by atoms with E-state index in [0.29, 0.717) is 0 Å². The summed E-state index contributed by atoms with van der Waals surface area (Å²) in [6, 6.07) is 20.5. The van der Waals surface area contributed by atoms with Crippen molar-refractivity contribution in [1.82, 2.24) is 0 Å². The van der Waals surface area contributed by atoms with Gasteiger partial charge in [-0.15, -0.1) is 0 Å². The smallest absolute Gasteiger partial charge is 0.0210 e. The zero-order valence-electron chi connectivity index (χ0n) is 16.5. The van der Waals surface area contributed by atoms with Gasteiger partial charge in [-0.3, -0.25) is 0 Å². The molecule has 0 atom stereocenters. The van der Waals surface area contributed by atoms with Gasteiger partial charge in [-0.05, 0) is 93.7 Å². The Balaban J connectivity index is 2.08. The van der Waals surface area contributed by atoms with Gasteiger partial charge >= 0.3 is 0 Å². The highest BCUT2D eigenvalue weighted by Crippen LogP contribution is 2.37. The average Bonchev–Trinajstić information content (AvgIpc) is 2.68. The van der Waals surface area contributed by atoms with Crippen molar-refractivity contribution in [2.45, 2.75) is 40.5 Å². The Bertz CT molecular complexity index is 1170. The van der Waals surface area contributed by atoms with Crippen LogP contribution in [0.3, 0.4) is 0 Å². The topological polar surface area (TPSA) is 0 Å². The number of fused-ring (bicyclic) bond motifs is 2. The van der Waals surface area contributed by atoms with E-state index in [9.17, 15) is 0 Å². The maximum atomic E-state index is 3.71. The third-order valence-corrected chi connectivity index (χ3v) is 6.63. The van der Waals surface area contributed by atoms with Gasteiger partial charge in [0.05, 0.1) is 0 Å². The molecule has 0 aliphatic heterocycles. The summed E-state index contributed by atoms with van der Waals surface area (Å²) in [6.07, 6.45) is 2.09. The summed E-state index contributed by atoms with van der Waals surface area (Å²) in [5.41, 5.74) is 8.14. The lowest BCUT2D eigenvalue weighted by molar-refractivity contribution is 1.15. The molecular weight excluding hydrogens is 392 g/mol. The molecule has 27 heavy (non-hydrogen) atoms. The lowest BCUT2D eigenvalue weighted by Crippen LogP contribution is -1.95. The summed E-state index contributed by atoms with van der Waals surface area (Å²) in [6.45, 7) is 8.89. The molecule has 4 rings (SSSR count). The number of aryl methyl sites for hydroxylation is 4. The molecule has 0 unspecified atom stereocenters. The Morgan fingerprint density at radius 2 is 1.26 bits per heavy atom. The van der Waals surface area contributed by atoms with Gasteiger partial charge < -0.3 is 0 Å². The average molecular weight is 417 g/mol. The maximum Gasteiger partial charge on any atom is 0.0210 e. The molecule has 0 amide bonds. The van der Waals surface area contributed by atoms with Gasteiger partial charge in [0.1, 0.15) is 0 Å². The molecule has 0 aliphatic carbocycles. The third kappa shape index (κ3) is 2.99. The predicted octanol–water partition coefficient (Wildman–Crippen LogP) is 8.16. The van der Waals surface area contributed by atoms with Gasteiger partial charge in [-0.2, -0.15) is 0 Å². The minimum Gasteiger partial charge on any atom is -0.0616 e. The quantitative estimate of drug-likeness (QED) is 0.295. The van der Waals surface area contributed by atoms with Crippen molar-refractivity contribution in [3.63, 3.8) is 0 Å². The number of benzene rings is 4. The van der Waals surface area contributed by atoms with Crippen LogP contribution in [0.15, 0.2) is 59.1 Å². The molecular formula is C26H25Br. The van der Waals surface area contributed by atoms with Crippen molar-refractivity contribution in [1.29, 1.82) is 0 Å². The molecule has 1 heteroatoms. The summed E-state index contributed by atoms with van der Waals surface area (Å²) in [5, 5.41) is 5.62. The van der Waals surface area contributed by atoms with E-state index in [4.69, 9.17) is 0 Å². The van der Waals surface area contributed by atoms with Crippen LogP contribution in [-0.4, -0.2) is 0 Å². The Labute approximate surface area is 170 Å². The molecule has 4 aromatic carbocycles. The maximum absolute atomic E-state index is 3.71. The third-order valence-electron chi connectivity index (χ3n) is 5.77. The first kappa shape index (κ1) is 18.3. The van der Waals surface area contributed by atoms with Gasteiger partial charge in [0.15, 0.2) is 0 Å². The second-order valence-corrected chi connectivity index (χ2v) is 8.24. The highest BCUT2D eigenvalue weighted by Gasteiger charge is 2.13. The number of rotatable bonds is 3. The molecule has 0 saturated carbocycles. The number of hydrogen-bond acceptors (Lipinski definition) is 0. The zero-order chi connectivity index (χ0) is 19.1. The Morgan fingerprint density at radius 1 is 0.667 bits per heavy atom. The first-order valence-electron chi connectivity index (χ1n) is 9.78. The Hall–Kier alpha value is -2.12. The van der Waals surface area contributed by atoms with Gasteiger partial charge in [-0.1, -0.05) is 72.2 Å². The number of halogens is 1. The highest BCUT2D eigenvalue weighted by molar-refractivity contribution is 9.10. The van der Waals surface area contributed by atoms with E-state index in [1.807, 2.05) is 0 Å². The van der Waals surface area contributed by atoms with Crippen molar-refractivity contribution >= 4 is 37.5 Å². The molecule has 0 aromatic heterocycles. The van der Waals surface area contributed by atoms with Gasteiger partial charge in [0.2, 0.25) is 0 Å². The van der Waals surface area contributed by atoms with Crippen LogP contribution in [0, 0.1) is 13.8 Å².